The molecule has 3 aromatic carbocycles. The minimum Gasteiger partial charge on any atom is -0.278 e. The van der Waals surface area contributed by atoms with Crippen LogP contribution in [0.5, 0.6) is 0 Å². The van der Waals surface area contributed by atoms with E-state index in [0.29, 0.717) is 0 Å². The Balaban J connectivity index is 1.37. The lowest BCUT2D eigenvalue weighted by Gasteiger charge is -2.30. The van der Waals surface area contributed by atoms with E-state index >= 15 is 0 Å². The van der Waals surface area contributed by atoms with E-state index in [1.807, 2.05) is 30.9 Å². The lowest BCUT2D eigenvalue weighted by atomic mass is 9.74. The molecule has 1 N–H and O–H groups in total. The quantitative estimate of drug-likeness (QED) is 0.229. The topological polar surface area (TPSA) is 54.5 Å². The molecular weight excluding hydrogens is 500 g/mol. The summed E-state index contributed by atoms with van der Waals surface area (Å²) in [5.74, 6) is 0. The molecule has 3 heterocycles. The maximum Gasteiger partial charge on any atom is 0.0739 e. The van der Waals surface area contributed by atoms with Crippen LogP contribution in [0, 0.1) is 0 Å². The molecule has 4 nitrogen and oxygen atoms in total. The number of fused-ring (bicyclic) bond motifs is 3. The Labute approximate surface area is 243 Å². The number of aromatic nitrogens is 4. The van der Waals surface area contributed by atoms with Crippen LogP contribution in [0.15, 0.2) is 85.5 Å². The second-order valence-electron chi connectivity index (χ2n) is 13.9. The van der Waals surface area contributed by atoms with Crippen molar-refractivity contribution in [2.45, 2.75) is 77.6 Å². The summed E-state index contributed by atoms with van der Waals surface area (Å²) in [6, 6.07) is 22.1. The highest BCUT2D eigenvalue weighted by Gasteiger charge is 2.29. The van der Waals surface area contributed by atoms with E-state index in [4.69, 9.17) is 4.98 Å². The number of aromatic amines is 1. The summed E-state index contributed by atoms with van der Waals surface area (Å²) < 4.78 is 0. The Morgan fingerprint density at radius 3 is 2.05 bits per heavy atom. The van der Waals surface area contributed by atoms with Crippen molar-refractivity contribution in [3.05, 3.63) is 113 Å². The normalized spacial score (nSPS) is 13.0. The third kappa shape index (κ3) is 4.90. The number of pyridine rings is 2. The minimum absolute atomic E-state index is 0.0587. The van der Waals surface area contributed by atoms with Gasteiger partial charge in [-0.2, -0.15) is 5.10 Å². The molecule has 208 valence electrons. The third-order valence-electron chi connectivity index (χ3n) is 8.78. The maximum absolute atomic E-state index is 4.75. The van der Waals surface area contributed by atoms with Crippen molar-refractivity contribution in [3.63, 3.8) is 0 Å². The average molecular weight is 541 g/mol. The van der Waals surface area contributed by atoms with Gasteiger partial charge in [-0.25, -0.2) is 0 Å². The highest BCUT2D eigenvalue weighted by Crippen LogP contribution is 2.39. The van der Waals surface area contributed by atoms with E-state index in [9.17, 15) is 0 Å². The molecule has 4 heteroatoms. The smallest absolute Gasteiger partial charge is 0.0739 e. The van der Waals surface area contributed by atoms with Gasteiger partial charge in [-0.05, 0) is 74.4 Å². The Bertz CT molecular complexity index is 1880. The average Bonchev–Trinajstić information content (AvgIpc) is 3.42. The van der Waals surface area contributed by atoms with Gasteiger partial charge >= 0.3 is 0 Å². The number of nitrogens with one attached hydrogen (secondary N) is 1. The van der Waals surface area contributed by atoms with Gasteiger partial charge in [0.1, 0.15) is 0 Å². The van der Waals surface area contributed by atoms with Crippen LogP contribution >= 0.6 is 0 Å². The zero-order chi connectivity index (χ0) is 29.0. The molecule has 41 heavy (non-hydrogen) atoms. The van der Waals surface area contributed by atoms with Crippen LogP contribution in [0.25, 0.3) is 32.6 Å². The second-order valence-corrected chi connectivity index (χ2v) is 13.9. The number of benzene rings is 3. The fourth-order valence-electron chi connectivity index (χ4n) is 6.66. The van der Waals surface area contributed by atoms with Crippen molar-refractivity contribution >= 4 is 32.6 Å². The van der Waals surface area contributed by atoms with Crippen molar-refractivity contribution < 1.29 is 0 Å². The van der Waals surface area contributed by atoms with Crippen molar-refractivity contribution in [2.24, 2.45) is 0 Å². The minimum atomic E-state index is -0.113. The summed E-state index contributed by atoms with van der Waals surface area (Å²) in [7, 11) is 0. The molecule has 0 radical (unpaired) electrons. The Morgan fingerprint density at radius 1 is 0.610 bits per heavy atom. The summed E-state index contributed by atoms with van der Waals surface area (Å²) in [6.45, 7) is 16.1. The zero-order valence-electron chi connectivity index (χ0n) is 25.3. The van der Waals surface area contributed by atoms with Crippen LogP contribution < -0.4 is 0 Å². The van der Waals surface area contributed by atoms with Gasteiger partial charge < -0.3 is 0 Å². The first-order valence-corrected chi connectivity index (χ1v) is 14.6. The second kappa shape index (κ2) is 9.80. The lowest BCUT2D eigenvalue weighted by Crippen LogP contribution is -2.23. The van der Waals surface area contributed by atoms with E-state index in [2.05, 4.69) is 118 Å². The van der Waals surface area contributed by atoms with Crippen LogP contribution in [0.3, 0.4) is 0 Å². The van der Waals surface area contributed by atoms with Crippen LogP contribution in [-0.2, 0) is 29.1 Å². The number of para-hydroxylation sites is 1. The summed E-state index contributed by atoms with van der Waals surface area (Å²) in [5.41, 5.74) is 8.62. The van der Waals surface area contributed by atoms with E-state index < -0.39 is 0 Å². The fourth-order valence-corrected chi connectivity index (χ4v) is 6.66. The molecule has 3 aromatic heterocycles. The van der Waals surface area contributed by atoms with Crippen LogP contribution in [0.2, 0.25) is 0 Å². The standard InChI is InChI=1S/C37H40N4/c1-35(2,3)30-15-13-25(27-17-19-38-22-29(27)30)20-37(6,7)32-16-14-26(28-23-40-41-34(28)32)21-36(4,5)31-12-8-10-24-11-9-18-39-33(24)31/h8-19,22-23H,20-21H2,1-7H3,(H,40,41). The molecule has 0 aliphatic rings. The van der Waals surface area contributed by atoms with E-state index in [1.165, 1.54) is 49.4 Å². The molecule has 6 rings (SSSR count). The number of rotatable bonds is 6. The van der Waals surface area contributed by atoms with Crippen molar-refractivity contribution in [1.82, 2.24) is 20.2 Å². The van der Waals surface area contributed by atoms with Gasteiger partial charge in [-0.15, -0.1) is 0 Å². The molecule has 0 bridgehead atoms. The van der Waals surface area contributed by atoms with Gasteiger partial charge in [0, 0.05) is 34.7 Å². The molecular formula is C37H40N4. The maximum atomic E-state index is 4.75. The van der Waals surface area contributed by atoms with Crippen molar-refractivity contribution in [2.75, 3.05) is 0 Å². The van der Waals surface area contributed by atoms with Gasteiger partial charge in [0.25, 0.3) is 0 Å². The van der Waals surface area contributed by atoms with E-state index in [-0.39, 0.29) is 16.2 Å². The Kier molecular flexibility index (Phi) is 6.48. The summed E-state index contributed by atoms with van der Waals surface area (Å²) >= 11 is 0. The first-order valence-electron chi connectivity index (χ1n) is 14.6. The highest BCUT2D eigenvalue weighted by atomic mass is 15.1. The Hall–Kier alpha value is -4.05. The van der Waals surface area contributed by atoms with Gasteiger partial charge in [0.05, 0.1) is 17.2 Å². The van der Waals surface area contributed by atoms with E-state index in [1.54, 1.807) is 0 Å². The van der Waals surface area contributed by atoms with Crippen LogP contribution in [-0.4, -0.2) is 20.2 Å². The largest absolute Gasteiger partial charge is 0.278 e. The Morgan fingerprint density at radius 2 is 1.29 bits per heavy atom. The molecule has 0 atom stereocenters. The van der Waals surface area contributed by atoms with Crippen LogP contribution in [0.1, 0.15) is 76.3 Å². The lowest BCUT2D eigenvalue weighted by molar-refractivity contribution is 0.522. The number of H-pyrrole nitrogens is 1. The predicted octanol–water partition coefficient (Wildman–Crippen LogP) is 9.00. The predicted molar refractivity (Wildman–Crippen MR) is 172 cm³/mol. The van der Waals surface area contributed by atoms with Gasteiger partial charge in [0.15, 0.2) is 0 Å². The van der Waals surface area contributed by atoms with Crippen molar-refractivity contribution in [1.29, 1.82) is 0 Å². The SMILES string of the molecule is CC(C)(C)c1ccc(CC(C)(C)c2ccc(CC(C)(C)c3cccc4cccnc34)c3cn[nH]c23)c2ccncc12. The first-order chi connectivity index (χ1) is 19.5. The molecule has 6 aromatic rings. The van der Waals surface area contributed by atoms with Crippen LogP contribution in [0.4, 0.5) is 0 Å². The zero-order valence-corrected chi connectivity index (χ0v) is 25.3. The van der Waals surface area contributed by atoms with Gasteiger partial charge in [0.2, 0.25) is 0 Å². The molecule has 0 aliphatic heterocycles. The molecule has 0 amide bonds. The number of hydrogen-bond donors (Lipinski definition) is 1. The molecule has 0 fully saturated rings. The molecule has 0 unspecified atom stereocenters. The molecule has 0 spiro atoms. The first kappa shape index (κ1) is 27.1. The highest BCUT2D eigenvalue weighted by molar-refractivity contribution is 5.90. The van der Waals surface area contributed by atoms with Gasteiger partial charge in [-0.3, -0.25) is 15.1 Å². The molecule has 0 saturated carbocycles. The molecule has 0 saturated heterocycles. The summed E-state index contributed by atoms with van der Waals surface area (Å²) in [5, 5.41) is 12.8. The molecule has 0 aliphatic carbocycles. The third-order valence-corrected chi connectivity index (χ3v) is 8.78. The van der Waals surface area contributed by atoms with Gasteiger partial charge in [-0.1, -0.05) is 97.0 Å². The number of hydrogen-bond acceptors (Lipinski definition) is 3. The summed E-state index contributed by atoms with van der Waals surface area (Å²) in [4.78, 5) is 9.22. The summed E-state index contributed by atoms with van der Waals surface area (Å²) in [6.07, 6.45) is 9.65. The monoisotopic (exact) mass is 540 g/mol. The van der Waals surface area contributed by atoms with E-state index in [0.717, 1.165) is 23.9 Å². The number of nitrogens with zero attached hydrogens (tertiary/aromatic N) is 3. The fraction of sp³-hybridized carbons (Fsp3) is 0.324. The van der Waals surface area contributed by atoms with Crippen molar-refractivity contribution in [3.8, 4) is 0 Å².